The third kappa shape index (κ3) is 3.85. The standard InChI is InChI=1S/C18H23FN4O/c19-15-5-6-17(14(9-15)10-20)23-8-2-3-13(12-23)11-22-18(24)16-4-1-7-21-16/h5-6,9,13,16,21H,1-4,7-8,11-12H2,(H,22,24). The van der Waals surface area contributed by atoms with E-state index in [0.717, 1.165) is 51.0 Å². The van der Waals surface area contributed by atoms with Crippen LogP contribution in [0.2, 0.25) is 0 Å². The highest BCUT2D eigenvalue weighted by Crippen LogP contribution is 2.26. The molecular formula is C18H23FN4O. The first-order valence-electron chi connectivity index (χ1n) is 8.63. The molecule has 2 N–H and O–H groups in total. The number of amides is 1. The van der Waals surface area contributed by atoms with Gasteiger partial charge < -0.3 is 15.5 Å². The molecule has 6 heteroatoms. The molecule has 3 rings (SSSR count). The first kappa shape index (κ1) is 16.7. The van der Waals surface area contributed by atoms with E-state index in [1.807, 2.05) is 0 Å². The van der Waals surface area contributed by atoms with Crippen LogP contribution in [0.1, 0.15) is 31.2 Å². The third-order valence-corrected chi connectivity index (χ3v) is 4.88. The zero-order chi connectivity index (χ0) is 16.9. The molecule has 24 heavy (non-hydrogen) atoms. The summed E-state index contributed by atoms with van der Waals surface area (Å²) in [5.74, 6) is 0.0463. The molecule has 128 valence electrons. The summed E-state index contributed by atoms with van der Waals surface area (Å²) in [5.41, 5.74) is 1.15. The third-order valence-electron chi connectivity index (χ3n) is 4.88. The van der Waals surface area contributed by atoms with E-state index in [0.29, 0.717) is 18.0 Å². The predicted octanol–water partition coefficient (Wildman–Crippen LogP) is 1.78. The number of carbonyl (C=O) groups excluding carboxylic acids is 1. The molecule has 1 amide bonds. The van der Waals surface area contributed by atoms with E-state index in [4.69, 9.17) is 0 Å². The van der Waals surface area contributed by atoms with E-state index in [9.17, 15) is 14.4 Å². The van der Waals surface area contributed by atoms with Crippen molar-refractivity contribution in [3.8, 4) is 6.07 Å². The predicted molar refractivity (Wildman–Crippen MR) is 90.1 cm³/mol. The Balaban J connectivity index is 1.58. The molecule has 1 aromatic carbocycles. The first-order chi connectivity index (χ1) is 11.7. The van der Waals surface area contributed by atoms with E-state index in [2.05, 4.69) is 21.6 Å². The highest BCUT2D eigenvalue weighted by atomic mass is 19.1. The van der Waals surface area contributed by atoms with Crippen LogP contribution in [0.3, 0.4) is 0 Å². The minimum Gasteiger partial charge on any atom is -0.370 e. The topological polar surface area (TPSA) is 68.2 Å². The summed E-state index contributed by atoms with van der Waals surface area (Å²) in [6.45, 7) is 3.20. The summed E-state index contributed by atoms with van der Waals surface area (Å²) >= 11 is 0. The number of halogens is 1. The average molecular weight is 330 g/mol. The quantitative estimate of drug-likeness (QED) is 0.883. The maximum absolute atomic E-state index is 13.3. The molecular weight excluding hydrogens is 307 g/mol. The van der Waals surface area contributed by atoms with E-state index < -0.39 is 0 Å². The number of nitrogens with one attached hydrogen (secondary N) is 2. The second-order valence-electron chi connectivity index (χ2n) is 6.62. The van der Waals surface area contributed by atoms with Gasteiger partial charge in [-0.3, -0.25) is 4.79 Å². The van der Waals surface area contributed by atoms with Crippen molar-refractivity contribution < 1.29 is 9.18 Å². The van der Waals surface area contributed by atoms with Crippen molar-refractivity contribution in [1.29, 1.82) is 5.26 Å². The van der Waals surface area contributed by atoms with Crippen LogP contribution in [0, 0.1) is 23.1 Å². The van der Waals surface area contributed by atoms with Crippen molar-refractivity contribution in [2.24, 2.45) is 5.92 Å². The summed E-state index contributed by atoms with van der Waals surface area (Å²) in [6, 6.07) is 6.39. The molecule has 0 aromatic heterocycles. The number of nitriles is 1. The maximum atomic E-state index is 13.3. The first-order valence-corrected chi connectivity index (χ1v) is 8.63. The van der Waals surface area contributed by atoms with Crippen LogP contribution >= 0.6 is 0 Å². The van der Waals surface area contributed by atoms with Gasteiger partial charge in [-0.1, -0.05) is 0 Å². The molecule has 5 nitrogen and oxygen atoms in total. The Morgan fingerprint density at radius 3 is 3.04 bits per heavy atom. The summed E-state index contributed by atoms with van der Waals surface area (Å²) in [4.78, 5) is 14.2. The number of hydrogen-bond acceptors (Lipinski definition) is 4. The second kappa shape index (κ2) is 7.63. The van der Waals surface area contributed by atoms with Crippen molar-refractivity contribution >= 4 is 11.6 Å². The van der Waals surface area contributed by atoms with Crippen molar-refractivity contribution in [3.63, 3.8) is 0 Å². The van der Waals surface area contributed by atoms with Crippen molar-refractivity contribution in [3.05, 3.63) is 29.6 Å². The minimum absolute atomic E-state index is 0.0491. The Bertz CT molecular complexity index is 636. The lowest BCUT2D eigenvalue weighted by molar-refractivity contribution is -0.122. The van der Waals surface area contributed by atoms with Gasteiger partial charge in [0.25, 0.3) is 0 Å². The molecule has 2 unspecified atom stereocenters. The Morgan fingerprint density at radius 2 is 2.29 bits per heavy atom. The van der Waals surface area contributed by atoms with Gasteiger partial charge in [-0.15, -0.1) is 0 Å². The number of carbonyl (C=O) groups is 1. The zero-order valence-electron chi connectivity index (χ0n) is 13.7. The molecule has 0 saturated carbocycles. The summed E-state index contributed by atoms with van der Waals surface area (Å²) in [6.07, 6.45) is 4.02. The van der Waals surface area contributed by atoms with Gasteiger partial charge in [-0.05, 0) is 56.3 Å². The SMILES string of the molecule is N#Cc1cc(F)ccc1N1CCCC(CNC(=O)C2CCCN2)C1. The number of piperidine rings is 1. The highest BCUT2D eigenvalue weighted by Gasteiger charge is 2.25. The van der Waals surface area contributed by atoms with Gasteiger partial charge in [0.1, 0.15) is 11.9 Å². The van der Waals surface area contributed by atoms with Gasteiger partial charge in [0.05, 0.1) is 17.3 Å². The zero-order valence-corrected chi connectivity index (χ0v) is 13.7. The van der Waals surface area contributed by atoms with Gasteiger partial charge in [-0.25, -0.2) is 4.39 Å². The molecule has 0 aliphatic carbocycles. The molecule has 2 atom stereocenters. The van der Waals surface area contributed by atoms with E-state index in [1.54, 1.807) is 6.07 Å². The smallest absolute Gasteiger partial charge is 0.237 e. The summed E-state index contributed by atoms with van der Waals surface area (Å²) < 4.78 is 13.3. The van der Waals surface area contributed by atoms with Crippen LogP contribution in [-0.2, 0) is 4.79 Å². The monoisotopic (exact) mass is 330 g/mol. The number of rotatable bonds is 4. The van der Waals surface area contributed by atoms with Crippen molar-refractivity contribution in [1.82, 2.24) is 10.6 Å². The van der Waals surface area contributed by atoms with Crippen LogP contribution < -0.4 is 15.5 Å². The van der Waals surface area contributed by atoms with Crippen molar-refractivity contribution in [2.45, 2.75) is 31.7 Å². The molecule has 2 fully saturated rings. The average Bonchev–Trinajstić information content (AvgIpc) is 3.14. The summed E-state index contributed by atoms with van der Waals surface area (Å²) in [7, 11) is 0. The molecule has 2 heterocycles. The van der Waals surface area contributed by atoms with Crippen LogP contribution in [0.25, 0.3) is 0 Å². The lowest BCUT2D eigenvalue weighted by atomic mass is 9.96. The summed E-state index contributed by atoms with van der Waals surface area (Å²) in [5, 5.41) is 15.5. The van der Waals surface area contributed by atoms with Gasteiger partial charge in [0, 0.05) is 19.6 Å². The van der Waals surface area contributed by atoms with Gasteiger partial charge in [0.15, 0.2) is 0 Å². The van der Waals surface area contributed by atoms with Crippen LogP contribution in [-0.4, -0.2) is 38.1 Å². The lowest BCUT2D eigenvalue weighted by Gasteiger charge is -2.35. The fraction of sp³-hybridized carbons (Fsp3) is 0.556. The van der Waals surface area contributed by atoms with E-state index in [-0.39, 0.29) is 17.8 Å². The fourth-order valence-corrected chi connectivity index (χ4v) is 3.60. The number of nitrogens with zero attached hydrogens (tertiary/aromatic N) is 2. The minimum atomic E-state index is -0.389. The molecule has 0 spiro atoms. The Morgan fingerprint density at radius 1 is 1.42 bits per heavy atom. The Hall–Kier alpha value is -2.13. The molecule has 0 radical (unpaired) electrons. The second-order valence-corrected chi connectivity index (χ2v) is 6.62. The van der Waals surface area contributed by atoms with Crippen LogP contribution in [0.4, 0.5) is 10.1 Å². The van der Waals surface area contributed by atoms with Crippen LogP contribution in [0.5, 0.6) is 0 Å². The Kier molecular flexibility index (Phi) is 5.31. The van der Waals surface area contributed by atoms with E-state index in [1.165, 1.54) is 12.1 Å². The van der Waals surface area contributed by atoms with Crippen LogP contribution in [0.15, 0.2) is 18.2 Å². The molecule has 0 bridgehead atoms. The molecule has 2 aliphatic rings. The number of hydrogen-bond donors (Lipinski definition) is 2. The van der Waals surface area contributed by atoms with Gasteiger partial charge in [0.2, 0.25) is 5.91 Å². The fourth-order valence-electron chi connectivity index (χ4n) is 3.60. The lowest BCUT2D eigenvalue weighted by Crippen LogP contribution is -2.45. The largest absolute Gasteiger partial charge is 0.370 e. The van der Waals surface area contributed by atoms with Crippen molar-refractivity contribution in [2.75, 3.05) is 31.1 Å². The molecule has 2 aliphatic heterocycles. The maximum Gasteiger partial charge on any atom is 0.237 e. The molecule has 2 saturated heterocycles. The molecule has 1 aromatic rings. The highest BCUT2D eigenvalue weighted by molar-refractivity contribution is 5.82. The normalized spacial score (nSPS) is 23.8. The Labute approximate surface area is 141 Å². The number of anilines is 1. The number of benzene rings is 1. The van der Waals surface area contributed by atoms with Gasteiger partial charge in [-0.2, -0.15) is 5.26 Å². The van der Waals surface area contributed by atoms with Gasteiger partial charge >= 0.3 is 0 Å². The van der Waals surface area contributed by atoms with E-state index >= 15 is 0 Å².